The molecular weight excluding hydrogens is 456 g/mol. The van der Waals surface area contributed by atoms with E-state index in [4.69, 9.17) is 18.6 Å². The molecule has 2 aromatic carbocycles. The molecule has 0 unspecified atom stereocenters. The van der Waals surface area contributed by atoms with Crippen molar-refractivity contribution in [2.45, 2.75) is 95.5 Å². The molecule has 6 heteroatoms. The largest absolute Gasteiger partial charge is 0.405 e. The van der Waals surface area contributed by atoms with Crippen LogP contribution in [-0.4, -0.2) is 55.8 Å². The zero-order chi connectivity index (χ0) is 25.5. The van der Waals surface area contributed by atoms with Gasteiger partial charge in [-0.15, -0.1) is 0 Å². The molecule has 2 fully saturated rings. The van der Waals surface area contributed by atoms with Crippen molar-refractivity contribution in [1.82, 2.24) is 0 Å². The Labute approximate surface area is 211 Å². The Kier molecular flexibility index (Phi) is 7.12. The first kappa shape index (κ1) is 26.5. The maximum atomic E-state index is 11.4. The Bertz CT molecular complexity index is 946. The first-order valence-corrected chi connectivity index (χ1v) is 14.7. The van der Waals surface area contributed by atoms with E-state index in [1.165, 1.54) is 10.4 Å². The SMILES string of the molecule is CC1(C)OC[C@H]([C@]2(C)CC[C@](C)(O)[C@@H](CO[Si](c3ccccc3)(c3ccccc3)C(C)(C)C)O2)O1. The molecule has 0 saturated carbocycles. The second kappa shape index (κ2) is 9.40. The van der Waals surface area contributed by atoms with Gasteiger partial charge in [-0.05, 0) is 55.9 Å². The van der Waals surface area contributed by atoms with Gasteiger partial charge in [-0.25, -0.2) is 0 Å². The highest BCUT2D eigenvalue weighted by Gasteiger charge is 2.55. The lowest BCUT2D eigenvalue weighted by Gasteiger charge is -2.50. The Hall–Kier alpha value is -1.54. The molecular formula is C29H42O5Si. The van der Waals surface area contributed by atoms with Gasteiger partial charge in [0.2, 0.25) is 0 Å². The van der Waals surface area contributed by atoms with Crippen LogP contribution in [0.2, 0.25) is 5.04 Å². The van der Waals surface area contributed by atoms with Crippen molar-refractivity contribution in [1.29, 1.82) is 0 Å². The molecule has 0 spiro atoms. The van der Waals surface area contributed by atoms with Crippen LogP contribution in [-0.2, 0) is 18.6 Å². The molecule has 2 aliphatic heterocycles. The minimum absolute atomic E-state index is 0.147. The molecule has 2 heterocycles. The maximum Gasteiger partial charge on any atom is 0.261 e. The third-order valence-electron chi connectivity index (χ3n) is 7.79. The van der Waals surface area contributed by atoms with Crippen LogP contribution < -0.4 is 10.4 Å². The second-order valence-electron chi connectivity index (χ2n) is 12.1. The average molecular weight is 499 g/mol. The molecule has 2 aliphatic rings. The first-order chi connectivity index (χ1) is 16.3. The van der Waals surface area contributed by atoms with Crippen molar-refractivity contribution in [2.75, 3.05) is 13.2 Å². The fraction of sp³-hybridized carbons (Fsp3) is 0.586. The van der Waals surface area contributed by atoms with E-state index in [1.54, 1.807) is 0 Å². The van der Waals surface area contributed by atoms with E-state index in [9.17, 15) is 5.11 Å². The van der Waals surface area contributed by atoms with Gasteiger partial charge in [0.1, 0.15) is 12.2 Å². The summed E-state index contributed by atoms with van der Waals surface area (Å²) >= 11 is 0. The fourth-order valence-electron chi connectivity index (χ4n) is 5.57. The summed E-state index contributed by atoms with van der Waals surface area (Å²) in [6.07, 6.45) is 0.623. The molecule has 2 saturated heterocycles. The second-order valence-corrected chi connectivity index (χ2v) is 16.4. The third-order valence-corrected chi connectivity index (χ3v) is 12.8. The van der Waals surface area contributed by atoms with Crippen molar-refractivity contribution in [3.63, 3.8) is 0 Å². The van der Waals surface area contributed by atoms with Crippen molar-refractivity contribution in [3.05, 3.63) is 60.7 Å². The lowest BCUT2D eigenvalue weighted by atomic mass is 9.81. The molecule has 2 aromatic rings. The van der Waals surface area contributed by atoms with Crippen LogP contribution in [0.4, 0.5) is 0 Å². The Balaban J connectivity index is 1.67. The predicted molar refractivity (Wildman–Crippen MR) is 142 cm³/mol. The smallest absolute Gasteiger partial charge is 0.261 e. The summed E-state index contributed by atoms with van der Waals surface area (Å²) in [7, 11) is -2.74. The van der Waals surface area contributed by atoms with Gasteiger partial charge < -0.3 is 23.7 Å². The third kappa shape index (κ3) is 5.15. The zero-order valence-corrected chi connectivity index (χ0v) is 23.3. The fourth-order valence-corrected chi connectivity index (χ4v) is 10.1. The van der Waals surface area contributed by atoms with Gasteiger partial charge in [0.25, 0.3) is 8.32 Å². The summed E-state index contributed by atoms with van der Waals surface area (Å²) in [6.45, 7) is 15.4. The summed E-state index contributed by atoms with van der Waals surface area (Å²) in [5, 5.41) is 13.7. The van der Waals surface area contributed by atoms with Crippen molar-refractivity contribution in [2.24, 2.45) is 0 Å². The molecule has 4 rings (SSSR count). The summed E-state index contributed by atoms with van der Waals surface area (Å²) in [5.41, 5.74) is -1.56. The van der Waals surface area contributed by atoms with E-state index in [-0.39, 0.29) is 11.1 Å². The number of ether oxygens (including phenoxy) is 3. The van der Waals surface area contributed by atoms with Crippen LogP contribution in [0.3, 0.4) is 0 Å². The number of benzene rings is 2. The van der Waals surface area contributed by atoms with Crippen LogP contribution in [0.1, 0.15) is 61.3 Å². The zero-order valence-electron chi connectivity index (χ0n) is 22.3. The lowest BCUT2D eigenvalue weighted by molar-refractivity contribution is -0.253. The monoisotopic (exact) mass is 498 g/mol. The van der Waals surface area contributed by atoms with E-state index < -0.39 is 31.4 Å². The summed E-state index contributed by atoms with van der Waals surface area (Å²) in [5.74, 6) is -0.627. The molecule has 4 atom stereocenters. The van der Waals surface area contributed by atoms with Crippen molar-refractivity contribution >= 4 is 18.7 Å². The standard InChI is InChI=1S/C29H42O5Si/c1-26(2,3)35(22-14-10-8-11-15-22,23-16-12-9-13-17-23)32-21-24-28(6,30)18-19-29(7,34-24)25-20-31-27(4,5)33-25/h8-17,24-25,30H,18-21H2,1-7H3/t24-,25-,28+,29+/m1/s1. The van der Waals surface area contributed by atoms with Crippen LogP contribution in [0, 0.1) is 0 Å². The quantitative estimate of drug-likeness (QED) is 0.598. The minimum Gasteiger partial charge on any atom is -0.405 e. The normalized spacial score (nSPS) is 31.4. The molecule has 5 nitrogen and oxygen atoms in total. The topological polar surface area (TPSA) is 57.2 Å². The number of rotatable bonds is 6. The predicted octanol–water partition coefficient (Wildman–Crippen LogP) is 4.40. The highest BCUT2D eigenvalue weighted by atomic mass is 28.4. The van der Waals surface area contributed by atoms with Gasteiger partial charge in [0.15, 0.2) is 5.79 Å². The van der Waals surface area contributed by atoms with E-state index in [0.29, 0.717) is 26.1 Å². The number of hydrogen-bond donors (Lipinski definition) is 1. The van der Waals surface area contributed by atoms with Gasteiger partial charge in [0, 0.05) is 0 Å². The Morgan fingerprint density at radius 1 is 0.886 bits per heavy atom. The highest BCUT2D eigenvalue weighted by Crippen LogP contribution is 2.43. The molecule has 0 amide bonds. The van der Waals surface area contributed by atoms with E-state index in [2.05, 4.69) is 76.2 Å². The summed E-state index contributed by atoms with van der Waals surface area (Å²) < 4.78 is 25.8. The van der Waals surface area contributed by atoms with Gasteiger partial charge >= 0.3 is 0 Å². The number of aliphatic hydroxyl groups is 1. The molecule has 192 valence electrons. The van der Waals surface area contributed by atoms with Gasteiger partial charge in [-0.3, -0.25) is 0 Å². The van der Waals surface area contributed by atoms with Crippen LogP contribution in [0.5, 0.6) is 0 Å². The minimum atomic E-state index is -2.74. The van der Waals surface area contributed by atoms with E-state index in [0.717, 1.165) is 0 Å². The van der Waals surface area contributed by atoms with Gasteiger partial charge in [-0.2, -0.15) is 0 Å². The molecule has 1 N–H and O–H groups in total. The molecule has 0 bridgehead atoms. The van der Waals surface area contributed by atoms with E-state index >= 15 is 0 Å². The van der Waals surface area contributed by atoms with Crippen molar-refractivity contribution in [3.8, 4) is 0 Å². The Morgan fingerprint density at radius 2 is 1.43 bits per heavy atom. The molecule has 0 aromatic heterocycles. The molecule has 0 radical (unpaired) electrons. The summed E-state index contributed by atoms with van der Waals surface area (Å²) in [6, 6.07) is 21.1. The first-order valence-electron chi connectivity index (χ1n) is 12.8. The van der Waals surface area contributed by atoms with E-state index in [1.807, 2.05) is 32.9 Å². The van der Waals surface area contributed by atoms with Crippen LogP contribution in [0.15, 0.2) is 60.7 Å². The maximum absolute atomic E-state index is 11.4. The summed E-state index contributed by atoms with van der Waals surface area (Å²) in [4.78, 5) is 0. The van der Waals surface area contributed by atoms with Gasteiger partial charge in [-0.1, -0.05) is 81.4 Å². The molecule has 0 aliphatic carbocycles. The highest BCUT2D eigenvalue weighted by molar-refractivity contribution is 6.99. The Morgan fingerprint density at radius 3 is 1.89 bits per heavy atom. The number of hydrogen-bond acceptors (Lipinski definition) is 5. The lowest BCUT2D eigenvalue weighted by Crippen LogP contribution is -2.68. The average Bonchev–Trinajstić information content (AvgIpc) is 3.18. The molecule has 35 heavy (non-hydrogen) atoms. The van der Waals surface area contributed by atoms with Crippen LogP contribution >= 0.6 is 0 Å². The van der Waals surface area contributed by atoms with Gasteiger partial charge in [0.05, 0.1) is 24.4 Å². The van der Waals surface area contributed by atoms with Crippen molar-refractivity contribution < 1.29 is 23.7 Å². The van der Waals surface area contributed by atoms with Crippen LogP contribution in [0.25, 0.3) is 0 Å².